The van der Waals surface area contributed by atoms with Crippen molar-refractivity contribution in [2.45, 2.75) is 48.9 Å². The summed E-state index contributed by atoms with van der Waals surface area (Å²) in [5.41, 5.74) is 3.13. The number of anilines is 1. The fourth-order valence-corrected chi connectivity index (χ4v) is 9.39. The molecule has 0 unspecified atom stereocenters. The molecule has 1 amide bonds. The number of benzene rings is 2. The third-order valence-corrected chi connectivity index (χ3v) is 10.6. The average Bonchev–Trinajstić information content (AvgIpc) is 3.49. The number of rotatable bonds is 4. The number of thiazole rings is 1. The molecule has 0 spiro atoms. The average molecular weight is 497 g/mol. The van der Waals surface area contributed by atoms with Gasteiger partial charge in [0.2, 0.25) is 5.91 Å². The van der Waals surface area contributed by atoms with Gasteiger partial charge in [-0.3, -0.25) is 14.2 Å². The lowest BCUT2D eigenvalue weighted by molar-refractivity contribution is -0.116. The molecule has 2 bridgehead atoms. The molecule has 0 radical (unpaired) electrons. The van der Waals surface area contributed by atoms with Gasteiger partial charge in [0.25, 0.3) is 0 Å². The molecule has 6 rings (SSSR count). The Kier molecular flexibility index (Phi) is 5.43. The van der Waals surface area contributed by atoms with Crippen LogP contribution < -0.4 is 10.2 Å². The molecule has 0 saturated heterocycles. The minimum absolute atomic E-state index is 0.0437. The van der Waals surface area contributed by atoms with Crippen molar-refractivity contribution in [1.82, 2.24) is 4.57 Å². The van der Waals surface area contributed by atoms with Gasteiger partial charge in [-0.1, -0.05) is 52.8 Å². The number of thioether (sulfide) groups is 1. The van der Waals surface area contributed by atoms with Gasteiger partial charge in [-0.25, -0.2) is 0 Å². The highest BCUT2D eigenvalue weighted by Gasteiger charge is 2.55. The highest BCUT2D eigenvalue weighted by Crippen LogP contribution is 2.64. The van der Waals surface area contributed by atoms with Gasteiger partial charge in [0, 0.05) is 26.8 Å². The minimum atomic E-state index is -0.166. The fraction of sp³-hybridized carbons (Fsp3) is 0.385. The molecule has 5 atom stereocenters. The maximum absolute atomic E-state index is 13.1. The van der Waals surface area contributed by atoms with Crippen LogP contribution in [0.3, 0.4) is 0 Å². The van der Waals surface area contributed by atoms with E-state index in [1.54, 1.807) is 4.57 Å². The molecule has 33 heavy (non-hydrogen) atoms. The van der Waals surface area contributed by atoms with Crippen LogP contribution in [-0.2, 0) is 11.3 Å². The zero-order valence-electron chi connectivity index (χ0n) is 18.3. The van der Waals surface area contributed by atoms with Gasteiger partial charge >= 0.3 is 4.87 Å². The van der Waals surface area contributed by atoms with Crippen molar-refractivity contribution in [3.63, 3.8) is 0 Å². The molecule has 3 aromatic rings. The molecule has 4 nitrogen and oxygen atoms in total. The Hall–Kier alpha value is -2.02. The second-order valence-corrected chi connectivity index (χ2v) is 12.2. The number of aryl methyl sites for hydroxylation is 1. The van der Waals surface area contributed by atoms with Crippen molar-refractivity contribution in [1.29, 1.82) is 0 Å². The van der Waals surface area contributed by atoms with E-state index < -0.39 is 0 Å². The van der Waals surface area contributed by atoms with Crippen molar-refractivity contribution in [3.05, 3.63) is 79.2 Å². The summed E-state index contributed by atoms with van der Waals surface area (Å²) in [6.07, 6.45) is 3.86. The summed E-state index contributed by atoms with van der Waals surface area (Å²) in [4.78, 5) is 27.1. The molecule has 7 heteroatoms. The smallest absolute Gasteiger partial charge is 0.308 e. The number of carbonyl (C=O) groups excluding carboxylic acids is 1. The molecule has 2 aliphatic carbocycles. The number of fused-ring (bicyclic) bond motifs is 6. The lowest BCUT2D eigenvalue weighted by Crippen LogP contribution is -2.34. The first-order valence-electron chi connectivity index (χ1n) is 11.5. The Labute approximate surface area is 206 Å². The van der Waals surface area contributed by atoms with E-state index in [4.69, 9.17) is 11.6 Å². The van der Waals surface area contributed by atoms with Gasteiger partial charge in [-0.2, -0.15) is 0 Å². The summed E-state index contributed by atoms with van der Waals surface area (Å²) in [6, 6.07) is 15.9. The fourth-order valence-electron chi connectivity index (χ4n) is 6.11. The van der Waals surface area contributed by atoms with Crippen LogP contribution in [0.1, 0.15) is 41.2 Å². The van der Waals surface area contributed by atoms with Gasteiger partial charge in [0.15, 0.2) is 0 Å². The van der Waals surface area contributed by atoms with Crippen molar-refractivity contribution < 1.29 is 4.79 Å². The quantitative estimate of drug-likeness (QED) is 0.470. The molecule has 3 aliphatic rings. The van der Waals surface area contributed by atoms with E-state index in [1.165, 1.54) is 36.2 Å². The Morgan fingerprint density at radius 2 is 1.82 bits per heavy atom. The number of hydrogen-bond acceptors (Lipinski definition) is 4. The summed E-state index contributed by atoms with van der Waals surface area (Å²) < 4.78 is 1.71. The Morgan fingerprint density at radius 3 is 2.58 bits per heavy atom. The summed E-state index contributed by atoms with van der Waals surface area (Å²) in [6.45, 7) is 2.06. The van der Waals surface area contributed by atoms with Crippen molar-refractivity contribution in [3.8, 4) is 0 Å². The largest absolute Gasteiger partial charge is 0.325 e. The second-order valence-electron chi connectivity index (χ2n) is 9.56. The highest BCUT2D eigenvalue weighted by atomic mass is 35.5. The van der Waals surface area contributed by atoms with Crippen LogP contribution in [0.4, 0.5) is 5.69 Å². The number of nitrogens with zero attached hydrogens (tertiary/aromatic N) is 1. The zero-order chi connectivity index (χ0) is 22.7. The van der Waals surface area contributed by atoms with Gasteiger partial charge in [0.1, 0.15) is 6.54 Å². The van der Waals surface area contributed by atoms with Gasteiger partial charge < -0.3 is 5.32 Å². The summed E-state index contributed by atoms with van der Waals surface area (Å²) in [5.74, 6) is 2.02. The number of aromatic nitrogens is 1. The first-order chi connectivity index (χ1) is 16.0. The summed E-state index contributed by atoms with van der Waals surface area (Å²) in [5, 5.41) is 5.18. The Morgan fingerprint density at radius 1 is 1.09 bits per heavy atom. The van der Waals surface area contributed by atoms with Crippen LogP contribution in [0.15, 0.2) is 58.4 Å². The molecule has 1 N–H and O–H groups in total. The first-order valence-corrected chi connectivity index (χ1v) is 13.6. The summed E-state index contributed by atoms with van der Waals surface area (Å²) >= 11 is 9.37. The molecule has 2 heterocycles. The van der Waals surface area contributed by atoms with Gasteiger partial charge in [-0.15, -0.1) is 11.8 Å². The topological polar surface area (TPSA) is 51.1 Å². The number of amides is 1. The number of nitrogens with one attached hydrogen (secondary N) is 1. The van der Waals surface area contributed by atoms with Crippen LogP contribution in [0.2, 0.25) is 5.02 Å². The SMILES string of the molecule is Cc1ccc(NC(=O)Cn2c3c(sc2=O)[C@@H](c2ccc(Cl)cc2)[C@H]2[C@H]4CC[C@@H](C4)[C@H]2S3)cc1. The number of carbonyl (C=O) groups is 1. The van der Waals surface area contributed by atoms with E-state index in [9.17, 15) is 9.59 Å². The third kappa shape index (κ3) is 3.76. The van der Waals surface area contributed by atoms with Crippen LogP contribution in [0, 0.1) is 24.7 Å². The predicted molar refractivity (Wildman–Crippen MR) is 136 cm³/mol. The van der Waals surface area contributed by atoms with E-state index in [-0.39, 0.29) is 23.2 Å². The lowest BCUT2D eigenvalue weighted by Gasteiger charge is -2.40. The van der Waals surface area contributed by atoms with Gasteiger partial charge in [0.05, 0.1) is 5.03 Å². The maximum atomic E-state index is 13.1. The highest BCUT2D eigenvalue weighted by molar-refractivity contribution is 8.00. The predicted octanol–water partition coefficient (Wildman–Crippen LogP) is 6.16. The molecule has 2 aromatic carbocycles. The van der Waals surface area contributed by atoms with E-state index >= 15 is 0 Å². The van der Waals surface area contributed by atoms with Gasteiger partial charge in [-0.05, 0) is 73.8 Å². The van der Waals surface area contributed by atoms with E-state index in [2.05, 4.69) is 17.4 Å². The van der Waals surface area contributed by atoms with Crippen LogP contribution in [0.25, 0.3) is 0 Å². The van der Waals surface area contributed by atoms with Crippen LogP contribution in [-0.4, -0.2) is 15.7 Å². The Balaban J connectivity index is 1.36. The maximum Gasteiger partial charge on any atom is 0.308 e. The van der Waals surface area contributed by atoms with Crippen molar-refractivity contribution in [2.75, 3.05) is 5.32 Å². The molecule has 1 aromatic heterocycles. The van der Waals surface area contributed by atoms with Crippen LogP contribution in [0.5, 0.6) is 0 Å². The molecule has 1 aliphatic heterocycles. The van der Waals surface area contributed by atoms with E-state index in [1.807, 2.05) is 55.1 Å². The molecule has 2 saturated carbocycles. The monoisotopic (exact) mass is 496 g/mol. The molecule has 170 valence electrons. The minimum Gasteiger partial charge on any atom is -0.325 e. The third-order valence-electron chi connectivity index (χ3n) is 7.56. The number of halogens is 1. The van der Waals surface area contributed by atoms with Crippen molar-refractivity contribution in [2.24, 2.45) is 17.8 Å². The van der Waals surface area contributed by atoms with Crippen molar-refractivity contribution >= 4 is 46.3 Å². The second kappa shape index (κ2) is 8.33. The van der Waals surface area contributed by atoms with Crippen LogP contribution >= 0.6 is 34.7 Å². The van der Waals surface area contributed by atoms with E-state index in [0.29, 0.717) is 17.1 Å². The number of hydrogen-bond donors (Lipinski definition) is 1. The molecular weight excluding hydrogens is 472 g/mol. The first kappa shape index (κ1) is 21.5. The summed E-state index contributed by atoms with van der Waals surface area (Å²) in [7, 11) is 0. The Bertz CT molecular complexity index is 1260. The normalized spacial score (nSPS) is 27.3. The lowest BCUT2D eigenvalue weighted by atomic mass is 9.75. The molecular formula is C26H25ClN2O2S2. The van der Waals surface area contributed by atoms with E-state index in [0.717, 1.165) is 32.1 Å². The zero-order valence-corrected chi connectivity index (χ0v) is 20.7. The molecule has 2 fully saturated rings. The standard InChI is InChI=1S/C26H25ClN2O2S2/c1-14-2-10-19(11-3-14)28-20(30)13-29-25-24(33-26(29)31)21(15-6-8-18(27)9-7-15)22-16-4-5-17(12-16)23(22)32-25/h2-3,6-11,16-17,21-23H,4-5,12-13H2,1H3,(H,28,30)/t16-,17-,21-,22+,23+/m0/s1.